The van der Waals surface area contributed by atoms with E-state index in [1.807, 2.05) is 0 Å². The SMILES string of the molecule is NCC(=O)N[C@@H](CO)C(=O)N[C@@H](CCC(N)=O)C(=O)O. The highest BCUT2D eigenvalue weighted by Gasteiger charge is 2.25. The molecule has 0 heterocycles. The number of carbonyl (C=O) groups is 4. The minimum absolute atomic E-state index is 0.195. The number of aliphatic hydroxyl groups is 1. The zero-order valence-corrected chi connectivity index (χ0v) is 10.7. The van der Waals surface area contributed by atoms with Gasteiger partial charge in [-0.3, -0.25) is 14.4 Å². The van der Waals surface area contributed by atoms with Crippen molar-refractivity contribution in [3.8, 4) is 0 Å². The molecule has 114 valence electrons. The maximum Gasteiger partial charge on any atom is 0.326 e. The number of primary amides is 1. The number of nitrogens with two attached hydrogens (primary N) is 2. The van der Waals surface area contributed by atoms with Crippen LogP contribution < -0.4 is 22.1 Å². The third-order valence-electron chi connectivity index (χ3n) is 2.31. The molecule has 0 saturated heterocycles. The average molecular weight is 290 g/mol. The maximum absolute atomic E-state index is 11.7. The van der Waals surface area contributed by atoms with E-state index in [1.54, 1.807) is 0 Å². The van der Waals surface area contributed by atoms with Crippen LogP contribution in [0.3, 0.4) is 0 Å². The Morgan fingerprint density at radius 1 is 1.10 bits per heavy atom. The summed E-state index contributed by atoms with van der Waals surface area (Å²) in [6.45, 7) is -1.10. The number of hydrogen-bond acceptors (Lipinski definition) is 6. The lowest BCUT2D eigenvalue weighted by molar-refractivity contribution is -0.142. The first-order chi connectivity index (χ1) is 9.31. The van der Waals surface area contributed by atoms with Gasteiger partial charge in [0.2, 0.25) is 17.7 Å². The van der Waals surface area contributed by atoms with E-state index in [0.717, 1.165) is 0 Å². The molecule has 0 aliphatic carbocycles. The van der Waals surface area contributed by atoms with Gasteiger partial charge in [0.05, 0.1) is 13.2 Å². The van der Waals surface area contributed by atoms with Gasteiger partial charge in [0.15, 0.2) is 0 Å². The fraction of sp³-hybridized carbons (Fsp3) is 0.600. The second-order valence-electron chi connectivity index (χ2n) is 3.91. The van der Waals surface area contributed by atoms with E-state index >= 15 is 0 Å². The van der Waals surface area contributed by atoms with Gasteiger partial charge in [-0.1, -0.05) is 0 Å². The van der Waals surface area contributed by atoms with Crippen molar-refractivity contribution >= 4 is 23.7 Å². The molecule has 10 heteroatoms. The predicted molar refractivity (Wildman–Crippen MR) is 66.1 cm³/mol. The molecule has 0 aromatic heterocycles. The van der Waals surface area contributed by atoms with Crippen molar-refractivity contribution in [2.24, 2.45) is 11.5 Å². The van der Waals surface area contributed by atoms with Crippen molar-refractivity contribution in [2.45, 2.75) is 24.9 Å². The first kappa shape index (κ1) is 17.8. The summed E-state index contributed by atoms with van der Waals surface area (Å²) in [5.41, 5.74) is 9.92. The van der Waals surface area contributed by atoms with E-state index in [2.05, 4.69) is 10.6 Å². The number of amides is 3. The van der Waals surface area contributed by atoms with E-state index in [9.17, 15) is 19.2 Å². The van der Waals surface area contributed by atoms with E-state index in [0.29, 0.717) is 0 Å². The van der Waals surface area contributed by atoms with Crippen LogP contribution in [0.1, 0.15) is 12.8 Å². The second-order valence-corrected chi connectivity index (χ2v) is 3.91. The molecule has 0 unspecified atom stereocenters. The lowest BCUT2D eigenvalue weighted by atomic mass is 10.1. The van der Waals surface area contributed by atoms with Gasteiger partial charge in [0.1, 0.15) is 12.1 Å². The molecule has 0 bridgehead atoms. The number of aliphatic hydroxyl groups excluding tert-OH is 1. The third-order valence-corrected chi connectivity index (χ3v) is 2.31. The Morgan fingerprint density at radius 3 is 2.10 bits per heavy atom. The van der Waals surface area contributed by atoms with E-state index < -0.39 is 42.4 Å². The molecule has 0 aromatic rings. The van der Waals surface area contributed by atoms with Crippen LogP contribution in [0.15, 0.2) is 0 Å². The quantitative estimate of drug-likeness (QED) is 0.252. The van der Waals surface area contributed by atoms with Gasteiger partial charge < -0.3 is 32.3 Å². The van der Waals surface area contributed by atoms with Crippen LogP contribution in [0.4, 0.5) is 0 Å². The standard InChI is InChI=1S/C10H18N4O6/c11-3-8(17)13-6(4-15)9(18)14-5(10(19)20)1-2-7(12)16/h5-6,15H,1-4,11H2,(H2,12,16)(H,13,17)(H,14,18)(H,19,20)/t5-,6-/m0/s1. The molecule has 0 saturated carbocycles. The van der Waals surface area contributed by atoms with Crippen molar-refractivity contribution in [3.05, 3.63) is 0 Å². The molecule has 0 aliphatic rings. The number of nitrogens with one attached hydrogen (secondary N) is 2. The van der Waals surface area contributed by atoms with E-state index in [-0.39, 0.29) is 19.4 Å². The average Bonchev–Trinajstić information content (AvgIpc) is 2.39. The van der Waals surface area contributed by atoms with Crippen LogP contribution in [0, 0.1) is 0 Å². The molecule has 2 atom stereocenters. The van der Waals surface area contributed by atoms with Crippen molar-refractivity contribution in [3.63, 3.8) is 0 Å². The van der Waals surface area contributed by atoms with Gasteiger partial charge >= 0.3 is 5.97 Å². The number of carboxylic acid groups (broad SMARTS) is 1. The fourth-order valence-electron chi connectivity index (χ4n) is 1.26. The van der Waals surface area contributed by atoms with Gasteiger partial charge in [-0.2, -0.15) is 0 Å². The van der Waals surface area contributed by atoms with Crippen LogP contribution in [0.2, 0.25) is 0 Å². The predicted octanol–water partition coefficient (Wildman–Crippen LogP) is -3.74. The molecule has 0 rings (SSSR count). The number of aliphatic carboxylic acids is 1. The summed E-state index contributed by atoms with van der Waals surface area (Å²) in [4.78, 5) is 44.2. The molecule has 0 fully saturated rings. The van der Waals surface area contributed by atoms with Crippen LogP contribution in [-0.2, 0) is 19.2 Å². The summed E-state index contributed by atoms with van der Waals surface area (Å²) in [6.07, 6.45) is -0.421. The van der Waals surface area contributed by atoms with E-state index in [1.165, 1.54) is 0 Å². The molecular weight excluding hydrogens is 272 g/mol. The first-order valence-electron chi connectivity index (χ1n) is 5.73. The summed E-state index contributed by atoms with van der Waals surface area (Å²) in [7, 11) is 0. The highest BCUT2D eigenvalue weighted by Crippen LogP contribution is 1.98. The molecular formula is C10H18N4O6. The molecule has 10 nitrogen and oxygen atoms in total. The minimum atomic E-state index is -1.36. The van der Waals surface area contributed by atoms with Crippen LogP contribution in [0.5, 0.6) is 0 Å². The highest BCUT2D eigenvalue weighted by atomic mass is 16.4. The van der Waals surface area contributed by atoms with Crippen molar-refractivity contribution < 1.29 is 29.4 Å². The van der Waals surface area contributed by atoms with Gasteiger partial charge in [0.25, 0.3) is 0 Å². The Hall–Kier alpha value is -2.20. The topological polar surface area (TPSA) is 185 Å². The summed E-state index contributed by atoms with van der Waals surface area (Å²) >= 11 is 0. The molecule has 20 heavy (non-hydrogen) atoms. The summed E-state index contributed by atoms with van der Waals surface area (Å²) in [5.74, 6) is -3.64. The van der Waals surface area contributed by atoms with Crippen molar-refractivity contribution in [2.75, 3.05) is 13.2 Å². The van der Waals surface area contributed by atoms with E-state index in [4.69, 9.17) is 21.7 Å². The van der Waals surface area contributed by atoms with Crippen LogP contribution in [0.25, 0.3) is 0 Å². The highest BCUT2D eigenvalue weighted by molar-refractivity contribution is 5.91. The molecule has 0 radical (unpaired) electrons. The Morgan fingerprint density at radius 2 is 1.70 bits per heavy atom. The second kappa shape index (κ2) is 8.82. The molecule has 3 amide bonds. The zero-order chi connectivity index (χ0) is 15.7. The lowest BCUT2D eigenvalue weighted by Crippen LogP contribution is -2.54. The van der Waals surface area contributed by atoms with Gasteiger partial charge in [-0.05, 0) is 6.42 Å². The Labute approximate surface area is 114 Å². The molecule has 0 aliphatic heterocycles. The number of carbonyl (C=O) groups excluding carboxylic acids is 3. The number of carboxylic acids is 1. The van der Waals surface area contributed by atoms with Crippen LogP contribution in [-0.4, -0.2) is 59.1 Å². The monoisotopic (exact) mass is 290 g/mol. The Bertz CT molecular complexity index is 386. The summed E-state index contributed by atoms with van der Waals surface area (Å²) in [5, 5.41) is 22.1. The smallest absolute Gasteiger partial charge is 0.326 e. The Balaban J connectivity index is 4.59. The van der Waals surface area contributed by atoms with Gasteiger partial charge in [-0.25, -0.2) is 4.79 Å². The normalized spacial score (nSPS) is 13.1. The zero-order valence-electron chi connectivity index (χ0n) is 10.7. The number of hydrogen-bond donors (Lipinski definition) is 6. The van der Waals surface area contributed by atoms with Gasteiger partial charge in [0, 0.05) is 6.42 Å². The first-order valence-corrected chi connectivity index (χ1v) is 5.73. The van der Waals surface area contributed by atoms with Gasteiger partial charge in [-0.15, -0.1) is 0 Å². The minimum Gasteiger partial charge on any atom is -0.480 e. The summed E-state index contributed by atoms with van der Waals surface area (Å²) in [6, 6.07) is -2.67. The summed E-state index contributed by atoms with van der Waals surface area (Å²) < 4.78 is 0. The molecule has 0 spiro atoms. The van der Waals surface area contributed by atoms with Crippen LogP contribution >= 0.6 is 0 Å². The number of rotatable bonds is 9. The lowest BCUT2D eigenvalue weighted by Gasteiger charge is -2.19. The maximum atomic E-state index is 11.7. The fourth-order valence-corrected chi connectivity index (χ4v) is 1.26. The molecule has 0 aromatic carbocycles. The van der Waals surface area contributed by atoms with Crippen molar-refractivity contribution in [1.29, 1.82) is 0 Å². The third kappa shape index (κ3) is 6.66. The molecule has 8 N–H and O–H groups in total. The Kier molecular flexibility index (Phi) is 7.85. The largest absolute Gasteiger partial charge is 0.480 e. The van der Waals surface area contributed by atoms with Crippen molar-refractivity contribution in [1.82, 2.24) is 10.6 Å².